The molecule has 24 heavy (non-hydrogen) atoms. The largest absolute Gasteiger partial charge is 0.492 e. The highest BCUT2D eigenvalue weighted by Gasteiger charge is 2.22. The number of ether oxygens (including phenoxy) is 3. The lowest BCUT2D eigenvalue weighted by Crippen LogP contribution is -2.37. The van der Waals surface area contributed by atoms with Crippen molar-refractivity contribution in [1.29, 1.82) is 0 Å². The lowest BCUT2D eigenvalue weighted by molar-refractivity contribution is 0.173. The third-order valence-corrected chi connectivity index (χ3v) is 4.40. The molecule has 2 aliphatic heterocycles. The van der Waals surface area contributed by atoms with Crippen LogP contribution in [0, 0.1) is 0 Å². The van der Waals surface area contributed by atoms with Crippen molar-refractivity contribution in [2.75, 3.05) is 39.6 Å². The maximum atomic E-state index is 5.92. The predicted molar refractivity (Wildman–Crippen MR) is 92.8 cm³/mol. The average molecular weight is 334 g/mol. The molecule has 1 unspecified atom stereocenters. The number of nitrogens with zero attached hydrogens (tertiary/aromatic N) is 2. The summed E-state index contributed by atoms with van der Waals surface area (Å²) in [7, 11) is 0. The lowest BCUT2D eigenvalue weighted by atomic mass is 10.2. The summed E-state index contributed by atoms with van der Waals surface area (Å²) in [4.78, 5) is 6.90. The van der Waals surface area contributed by atoms with Gasteiger partial charge in [-0.15, -0.1) is 0 Å². The minimum atomic E-state index is 0.268. The lowest BCUT2D eigenvalue weighted by Gasteiger charge is -2.20. The molecule has 1 aromatic rings. The van der Waals surface area contributed by atoms with Crippen molar-refractivity contribution in [2.45, 2.75) is 25.8 Å². The number of nitrogens with one attached hydrogen (secondary N) is 1. The first kappa shape index (κ1) is 16.7. The predicted octanol–water partition coefficient (Wildman–Crippen LogP) is 1.18. The van der Waals surface area contributed by atoms with Crippen LogP contribution in [-0.4, -0.2) is 56.5 Å². The van der Waals surface area contributed by atoms with E-state index in [-0.39, 0.29) is 6.79 Å². The fourth-order valence-electron chi connectivity index (χ4n) is 3.09. The summed E-state index contributed by atoms with van der Waals surface area (Å²) < 4.78 is 16.3. The molecular formula is C17H26N4O3. The Morgan fingerprint density at radius 1 is 1.42 bits per heavy atom. The van der Waals surface area contributed by atoms with Gasteiger partial charge in [0.05, 0.1) is 13.1 Å². The zero-order valence-corrected chi connectivity index (χ0v) is 14.2. The number of guanidine groups is 1. The monoisotopic (exact) mass is 334 g/mol. The van der Waals surface area contributed by atoms with Crippen LogP contribution < -0.4 is 25.3 Å². The maximum absolute atomic E-state index is 5.92. The maximum Gasteiger partial charge on any atom is 0.231 e. The van der Waals surface area contributed by atoms with Crippen molar-refractivity contribution in [3.05, 3.63) is 18.2 Å². The Labute approximate surface area is 142 Å². The zero-order valence-electron chi connectivity index (χ0n) is 14.2. The van der Waals surface area contributed by atoms with Gasteiger partial charge in [0.2, 0.25) is 6.79 Å². The summed E-state index contributed by atoms with van der Waals surface area (Å²) in [5.74, 6) is 2.71. The van der Waals surface area contributed by atoms with Crippen molar-refractivity contribution in [3.63, 3.8) is 0 Å². The van der Waals surface area contributed by atoms with E-state index in [1.807, 2.05) is 18.2 Å². The van der Waals surface area contributed by atoms with Crippen LogP contribution in [-0.2, 0) is 0 Å². The number of likely N-dealkylation sites (tertiary alicyclic amines) is 1. The van der Waals surface area contributed by atoms with Gasteiger partial charge in [-0.3, -0.25) is 9.89 Å². The fourth-order valence-corrected chi connectivity index (χ4v) is 3.09. The number of rotatable bonds is 7. The van der Waals surface area contributed by atoms with Crippen LogP contribution in [0.4, 0.5) is 0 Å². The molecular weight excluding hydrogens is 308 g/mol. The van der Waals surface area contributed by atoms with Crippen molar-refractivity contribution >= 4 is 5.96 Å². The van der Waals surface area contributed by atoms with E-state index in [1.165, 1.54) is 19.4 Å². The SMILES string of the molecule is CCN1CCCC1CN=C(N)NCCOc1ccc2c(c1)OCO2. The summed E-state index contributed by atoms with van der Waals surface area (Å²) in [6.45, 7) is 6.58. The van der Waals surface area contributed by atoms with Crippen LogP contribution in [0.25, 0.3) is 0 Å². The van der Waals surface area contributed by atoms with Crippen LogP contribution in [0.1, 0.15) is 19.8 Å². The van der Waals surface area contributed by atoms with E-state index in [0.717, 1.165) is 30.3 Å². The van der Waals surface area contributed by atoms with Crippen LogP contribution in [0.2, 0.25) is 0 Å². The fraction of sp³-hybridized carbons (Fsp3) is 0.588. The summed E-state index contributed by atoms with van der Waals surface area (Å²) >= 11 is 0. The van der Waals surface area contributed by atoms with Gasteiger partial charge in [0.1, 0.15) is 12.4 Å². The molecule has 3 N–H and O–H groups in total. The highest BCUT2D eigenvalue weighted by molar-refractivity contribution is 5.77. The first-order valence-electron chi connectivity index (χ1n) is 8.56. The standard InChI is InChI=1S/C17H26N4O3/c1-2-21-8-3-4-13(21)11-20-17(18)19-7-9-22-14-5-6-15-16(10-14)24-12-23-15/h5-6,10,13H,2-4,7-9,11-12H2,1H3,(H3,18,19,20). The Bertz CT molecular complexity index is 579. The molecule has 0 amide bonds. The first-order valence-corrected chi connectivity index (χ1v) is 8.56. The minimum absolute atomic E-state index is 0.268. The van der Waals surface area contributed by atoms with Gasteiger partial charge in [0.25, 0.3) is 0 Å². The van der Waals surface area contributed by atoms with Crippen molar-refractivity contribution in [2.24, 2.45) is 10.7 Å². The molecule has 1 saturated heterocycles. The molecule has 0 spiro atoms. The van der Waals surface area contributed by atoms with Crippen LogP contribution in [0.15, 0.2) is 23.2 Å². The van der Waals surface area contributed by atoms with Crippen molar-refractivity contribution in [1.82, 2.24) is 10.2 Å². The van der Waals surface area contributed by atoms with E-state index in [0.29, 0.717) is 25.2 Å². The number of hydrogen-bond acceptors (Lipinski definition) is 5. The second-order valence-electron chi connectivity index (χ2n) is 5.94. The Morgan fingerprint density at radius 3 is 3.17 bits per heavy atom. The molecule has 1 aromatic carbocycles. The Kier molecular flexibility index (Phi) is 5.63. The van der Waals surface area contributed by atoms with Gasteiger partial charge in [-0.05, 0) is 38.1 Å². The molecule has 1 atom stereocenters. The van der Waals surface area contributed by atoms with Crippen molar-refractivity contribution < 1.29 is 14.2 Å². The summed E-state index contributed by atoms with van der Waals surface area (Å²) in [5.41, 5.74) is 5.92. The molecule has 0 aromatic heterocycles. The minimum Gasteiger partial charge on any atom is -0.492 e. The number of likely N-dealkylation sites (N-methyl/N-ethyl adjacent to an activating group) is 1. The molecule has 7 nitrogen and oxygen atoms in total. The van der Waals surface area contributed by atoms with Crippen molar-refractivity contribution in [3.8, 4) is 17.2 Å². The molecule has 0 bridgehead atoms. The van der Waals surface area contributed by atoms with E-state index < -0.39 is 0 Å². The molecule has 2 heterocycles. The van der Waals surface area contributed by atoms with E-state index in [4.69, 9.17) is 19.9 Å². The smallest absolute Gasteiger partial charge is 0.231 e. The number of nitrogens with two attached hydrogens (primary N) is 1. The number of benzene rings is 1. The quantitative estimate of drug-likeness (QED) is 0.443. The average Bonchev–Trinajstić information content (AvgIpc) is 3.24. The third kappa shape index (κ3) is 4.23. The molecule has 3 rings (SSSR count). The molecule has 7 heteroatoms. The molecule has 1 fully saturated rings. The van der Waals surface area contributed by atoms with E-state index in [9.17, 15) is 0 Å². The molecule has 0 aliphatic carbocycles. The zero-order chi connectivity index (χ0) is 16.8. The Morgan fingerprint density at radius 2 is 2.29 bits per heavy atom. The third-order valence-electron chi connectivity index (χ3n) is 4.40. The molecule has 0 saturated carbocycles. The van der Waals surface area contributed by atoms with Gasteiger partial charge in [-0.2, -0.15) is 0 Å². The number of hydrogen-bond donors (Lipinski definition) is 2. The van der Waals surface area contributed by atoms with E-state index >= 15 is 0 Å². The van der Waals surface area contributed by atoms with Gasteiger partial charge < -0.3 is 25.3 Å². The molecule has 132 valence electrons. The first-order chi connectivity index (χ1) is 11.8. The Hall–Kier alpha value is -2.15. The van der Waals surface area contributed by atoms with Gasteiger partial charge in [-0.25, -0.2) is 0 Å². The molecule has 2 aliphatic rings. The second-order valence-corrected chi connectivity index (χ2v) is 5.94. The second kappa shape index (κ2) is 8.10. The summed E-state index contributed by atoms with van der Waals surface area (Å²) in [5, 5.41) is 3.09. The summed E-state index contributed by atoms with van der Waals surface area (Å²) in [6.07, 6.45) is 2.46. The normalized spacial score (nSPS) is 20.4. The van der Waals surface area contributed by atoms with Gasteiger partial charge in [-0.1, -0.05) is 6.92 Å². The summed E-state index contributed by atoms with van der Waals surface area (Å²) in [6, 6.07) is 6.08. The Balaban J connectivity index is 1.36. The van der Waals surface area contributed by atoms with Gasteiger partial charge >= 0.3 is 0 Å². The highest BCUT2D eigenvalue weighted by Crippen LogP contribution is 2.34. The van der Waals surface area contributed by atoms with Gasteiger partial charge in [0, 0.05) is 12.1 Å². The van der Waals surface area contributed by atoms with Crippen LogP contribution >= 0.6 is 0 Å². The highest BCUT2D eigenvalue weighted by atomic mass is 16.7. The number of fused-ring (bicyclic) bond motifs is 1. The van der Waals surface area contributed by atoms with Crippen LogP contribution in [0.3, 0.4) is 0 Å². The van der Waals surface area contributed by atoms with Gasteiger partial charge in [0.15, 0.2) is 17.5 Å². The van der Waals surface area contributed by atoms with E-state index in [2.05, 4.69) is 22.1 Å². The van der Waals surface area contributed by atoms with Crippen LogP contribution in [0.5, 0.6) is 17.2 Å². The topological polar surface area (TPSA) is 81.3 Å². The number of aliphatic imine (C=N–C) groups is 1. The van der Waals surface area contributed by atoms with E-state index in [1.54, 1.807) is 0 Å². The molecule has 0 radical (unpaired) electrons.